The first-order chi connectivity index (χ1) is 11.5. The molecule has 0 aliphatic carbocycles. The highest BCUT2D eigenvalue weighted by molar-refractivity contribution is 6.08. The number of para-hydroxylation sites is 1. The number of quaternary nitrogens is 1. The number of fused-ring (bicyclic) bond motifs is 4. The second-order valence-corrected chi connectivity index (χ2v) is 7.71. The van der Waals surface area contributed by atoms with Crippen LogP contribution in [0.3, 0.4) is 0 Å². The maximum atomic E-state index is 13.6. The molecule has 4 atom stereocenters. The molecule has 1 aromatic carbocycles. The smallest absolute Gasteiger partial charge is 0.243 e. The molecule has 3 heterocycles. The van der Waals surface area contributed by atoms with Crippen molar-refractivity contribution in [3.63, 3.8) is 0 Å². The Morgan fingerprint density at radius 2 is 2.08 bits per heavy atom. The molecule has 128 valence electrons. The molecule has 3 aliphatic rings. The summed E-state index contributed by atoms with van der Waals surface area (Å²) in [5.74, 6) is -0.00822. The summed E-state index contributed by atoms with van der Waals surface area (Å²) in [6.07, 6.45) is 3.61. The Kier molecular flexibility index (Phi) is 3.22. The van der Waals surface area contributed by atoms with Gasteiger partial charge in [-0.3, -0.25) is 4.79 Å². The first-order valence-corrected chi connectivity index (χ1v) is 8.87. The van der Waals surface area contributed by atoms with E-state index in [1.54, 1.807) is 11.9 Å². The highest BCUT2D eigenvalue weighted by Crippen LogP contribution is 2.59. The molecule has 0 unspecified atom stereocenters. The summed E-state index contributed by atoms with van der Waals surface area (Å²) < 4.78 is -0.388. The molecule has 3 aliphatic heterocycles. The summed E-state index contributed by atoms with van der Waals surface area (Å²) in [5.41, 5.74) is 0.284. The monoisotopic (exact) mass is 328 g/mol. The van der Waals surface area contributed by atoms with Crippen molar-refractivity contribution in [2.75, 3.05) is 25.0 Å². The van der Waals surface area contributed by atoms with Crippen molar-refractivity contribution in [3.05, 3.63) is 35.0 Å². The van der Waals surface area contributed by atoms with E-state index in [1.165, 1.54) is 0 Å². The minimum absolute atomic E-state index is 0.00822. The molecule has 0 saturated carbocycles. The summed E-state index contributed by atoms with van der Waals surface area (Å²) in [6, 6.07) is 7.27. The third kappa shape index (κ3) is 1.62. The highest BCUT2D eigenvalue weighted by Gasteiger charge is 2.70. The number of hydrogen-bond donors (Lipinski definition) is 0. The lowest BCUT2D eigenvalue weighted by Crippen LogP contribution is -2.66. The largest absolute Gasteiger partial charge is 0.633 e. The van der Waals surface area contributed by atoms with Gasteiger partial charge in [0.1, 0.15) is 17.7 Å². The number of nitrogens with zero attached hydrogens (tertiary/aromatic N) is 2. The van der Waals surface area contributed by atoms with Crippen molar-refractivity contribution >= 4 is 17.9 Å². The molecule has 0 radical (unpaired) electrons. The third-order valence-corrected chi connectivity index (χ3v) is 6.87. The number of piperidine rings is 1. The number of hydroxylamine groups is 3. The van der Waals surface area contributed by atoms with Crippen molar-refractivity contribution in [1.82, 2.24) is 0 Å². The van der Waals surface area contributed by atoms with Crippen molar-refractivity contribution in [3.8, 4) is 0 Å². The zero-order valence-corrected chi connectivity index (χ0v) is 14.3. The average molecular weight is 328 g/mol. The molecule has 5 heteroatoms. The van der Waals surface area contributed by atoms with E-state index in [0.717, 1.165) is 24.0 Å². The Hall–Kier alpha value is -1.72. The second kappa shape index (κ2) is 4.90. The molecule has 0 bridgehead atoms. The Labute approximate surface area is 142 Å². The van der Waals surface area contributed by atoms with Crippen molar-refractivity contribution < 1.29 is 14.2 Å². The number of anilines is 1. The van der Waals surface area contributed by atoms with E-state index < -0.39 is 16.9 Å². The van der Waals surface area contributed by atoms with Crippen LogP contribution in [0.15, 0.2) is 24.3 Å². The number of likely N-dealkylation sites (N-methyl/N-ethyl adjacent to an activating group) is 1. The number of aldehydes is 1. The molecule has 24 heavy (non-hydrogen) atoms. The van der Waals surface area contributed by atoms with Gasteiger partial charge in [-0.2, -0.15) is 0 Å². The second-order valence-electron chi connectivity index (χ2n) is 7.71. The zero-order valence-electron chi connectivity index (χ0n) is 14.3. The number of amides is 1. The molecule has 2 fully saturated rings. The van der Waals surface area contributed by atoms with Crippen LogP contribution in [-0.4, -0.2) is 43.0 Å². The fraction of sp³-hybridized carbons (Fsp3) is 0.579. The molecular formula is C19H24N2O3. The molecule has 2 saturated heterocycles. The van der Waals surface area contributed by atoms with Gasteiger partial charge >= 0.3 is 0 Å². The van der Waals surface area contributed by atoms with Gasteiger partial charge in [-0.15, -0.1) is 0 Å². The minimum atomic E-state index is -0.843. The van der Waals surface area contributed by atoms with Gasteiger partial charge in [0, 0.05) is 19.2 Å². The SMILES string of the molecule is CC[C@@]1(C=O)CCC[N@@+]2([O-])CC[C@]3(C(=O)N(C)c4ccccc43)[C@H]12. The van der Waals surface area contributed by atoms with Gasteiger partial charge in [0.2, 0.25) is 5.91 Å². The zero-order chi connectivity index (χ0) is 17.2. The maximum absolute atomic E-state index is 13.6. The third-order valence-electron chi connectivity index (χ3n) is 6.87. The molecule has 5 nitrogen and oxygen atoms in total. The summed E-state index contributed by atoms with van der Waals surface area (Å²) >= 11 is 0. The number of hydrogen-bond acceptors (Lipinski definition) is 3. The maximum Gasteiger partial charge on any atom is 0.243 e. The van der Waals surface area contributed by atoms with Crippen LogP contribution >= 0.6 is 0 Å². The van der Waals surface area contributed by atoms with E-state index in [-0.39, 0.29) is 10.6 Å². The van der Waals surface area contributed by atoms with Gasteiger partial charge in [0.25, 0.3) is 0 Å². The predicted molar refractivity (Wildman–Crippen MR) is 91.3 cm³/mol. The van der Waals surface area contributed by atoms with Crippen LogP contribution in [0.5, 0.6) is 0 Å². The highest BCUT2D eigenvalue weighted by atomic mass is 16.6. The Balaban J connectivity index is 1.99. The lowest BCUT2D eigenvalue weighted by molar-refractivity contribution is -0.906. The number of benzene rings is 1. The lowest BCUT2D eigenvalue weighted by Gasteiger charge is -2.56. The lowest BCUT2D eigenvalue weighted by atomic mass is 9.60. The van der Waals surface area contributed by atoms with Gasteiger partial charge in [-0.25, -0.2) is 0 Å². The van der Waals surface area contributed by atoms with Crippen LogP contribution in [0.2, 0.25) is 0 Å². The first-order valence-electron chi connectivity index (χ1n) is 8.87. The van der Waals surface area contributed by atoms with E-state index >= 15 is 0 Å². The molecule has 1 spiro atoms. The molecule has 0 N–H and O–H groups in total. The van der Waals surface area contributed by atoms with Gasteiger partial charge in [-0.05, 0) is 30.9 Å². The van der Waals surface area contributed by atoms with Crippen LogP contribution in [-0.2, 0) is 15.0 Å². The van der Waals surface area contributed by atoms with Gasteiger partial charge in [0.15, 0.2) is 0 Å². The van der Waals surface area contributed by atoms with Gasteiger partial charge in [0.05, 0.1) is 18.5 Å². The molecule has 4 rings (SSSR count). The van der Waals surface area contributed by atoms with Crippen LogP contribution in [0.1, 0.15) is 38.2 Å². The Bertz CT molecular complexity index is 720. The number of carbonyl (C=O) groups excluding carboxylic acids is 2. The molecular weight excluding hydrogens is 304 g/mol. The minimum Gasteiger partial charge on any atom is -0.633 e. The Morgan fingerprint density at radius 3 is 2.79 bits per heavy atom. The Morgan fingerprint density at radius 1 is 1.33 bits per heavy atom. The summed E-state index contributed by atoms with van der Waals surface area (Å²) in [5, 5.41) is 13.6. The number of carbonyl (C=O) groups is 2. The predicted octanol–water partition coefficient (Wildman–Crippen LogP) is 2.38. The van der Waals surface area contributed by atoms with E-state index in [0.29, 0.717) is 32.4 Å². The molecule has 0 aromatic heterocycles. The fourth-order valence-electron chi connectivity index (χ4n) is 5.80. The van der Waals surface area contributed by atoms with Gasteiger partial charge < -0.3 is 19.5 Å². The van der Waals surface area contributed by atoms with E-state index in [2.05, 4.69) is 0 Å². The topological polar surface area (TPSA) is 60.4 Å². The van der Waals surface area contributed by atoms with Crippen molar-refractivity contribution in [2.45, 2.75) is 44.1 Å². The quantitative estimate of drug-likeness (QED) is 0.476. The molecule has 1 aromatic rings. The van der Waals surface area contributed by atoms with E-state index in [4.69, 9.17) is 0 Å². The van der Waals surface area contributed by atoms with Crippen molar-refractivity contribution in [1.29, 1.82) is 0 Å². The summed E-state index contributed by atoms with van der Waals surface area (Å²) in [7, 11) is 1.78. The normalized spacial score (nSPS) is 40.7. The van der Waals surface area contributed by atoms with Crippen LogP contribution in [0.4, 0.5) is 5.69 Å². The fourth-order valence-corrected chi connectivity index (χ4v) is 5.80. The molecule has 1 amide bonds. The standard InChI is InChI=1S/C19H24N2O3/c1-3-18(13-22)9-6-11-21(24)12-10-19(16(18)21)14-7-4-5-8-15(14)20(2)17(19)23/h4-5,7-8,13,16H,3,6,9-12H2,1-2H3/t16-,18-,19+,21+/m0/s1. The average Bonchev–Trinajstić information content (AvgIpc) is 3.04. The summed E-state index contributed by atoms with van der Waals surface area (Å²) in [4.78, 5) is 27.2. The van der Waals surface area contributed by atoms with E-state index in [1.807, 2.05) is 31.2 Å². The van der Waals surface area contributed by atoms with Crippen molar-refractivity contribution in [2.24, 2.45) is 5.41 Å². The van der Waals surface area contributed by atoms with Crippen LogP contribution in [0, 0.1) is 10.6 Å². The van der Waals surface area contributed by atoms with E-state index in [9.17, 15) is 14.8 Å². The van der Waals surface area contributed by atoms with Crippen LogP contribution < -0.4 is 4.90 Å². The summed E-state index contributed by atoms with van der Waals surface area (Å²) in [6.45, 7) is 2.92. The number of rotatable bonds is 2. The van der Waals surface area contributed by atoms with Gasteiger partial charge in [-0.1, -0.05) is 25.1 Å². The van der Waals surface area contributed by atoms with Crippen LogP contribution in [0.25, 0.3) is 0 Å². The first kappa shape index (κ1) is 15.8.